The highest BCUT2D eigenvalue weighted by Crippen LogP contribution is 2.52. The Bertz CT molecular complexity index is 898. The fraction of sp³-hybridized carbons (Fsp3) is 0.417. The van der Waals surface area contributed by atoms with Crippen molar-refractivity contribution in [3.8, 4) is 11.5 Å². The van der Waals surface area contributed by atoms with E-state index < -0.39 is 0 Å². The summed E-state index contributed by atoms with van der Waals surface area (Å²) in [6, 6.07) is 4.61. The Morgan fingerprint density at radius 2 is 2.03 bits per heavy atom. The van der Waals surface area contributed by atoms with E-state index in [0.29, 0.717) is 30.7 Å². The lowest BCUT2D eigenvalue weighted by atomic mass is 9.81. The van der Waals surface area contributed by atoms with E-state index in [-0.39, 0.29) is 5.76 Å². The maximum Gasteiger partial charge on any atom is 0.161 e. The Balaban J connectivity index is 1.76. The first-order valence-electron chi connectivity index (χ1n) is 10.2. The molecule has 0 radical (unpaired) electrons. The van der Waals surface area contributed by atoms with Gasteiger partial charge in [-0.2, -0.15) is 0 Å². The summed E-state index contributed by atoms with van der Waals surface area (Å²) in [7, 11) is 3.37. The van der Waals surface area contributed by atoms with Gasteiger partial charge in [0.1, 0.15) is 5.76 Å². The first-order valence-corrected chi connectivity index (χ1v) is 10.2. The zero-order valence-corrected chi connectivity index (χ0v) is 17.2. The predicted molar refractivity (Wildman–Crippen MR) is 114 cm³/mol. The first-order chi connectivity index (χ1) is 14.0. The molecule has 2 atom stereocenters. The maximum absolute atomic E-state index is 9.99. The summed E-state index contributed by atoms with van der Waals surface area (Å²) in [6.45, 7) is 9.09. The third kappa shape index (κ3) is 3.44. The molecule has 29 heavy (non-hydrogen) atoms. The smallest absolute Gasteiger partial charge is 0.161 e. The van der Waals surface area contributed by atoms with Crippen LogP contribution in [0.4, 0.5) is 0 Å². The monoisotopic (exact) mass is 395 g/mol. The molecule has 0 saturated heterocycles. The number of allylic oxidation sites excluding steroid dienone is 2. The topological polar surface area (TPSA) is 51.2 Å². The van der Waals surface area contributed by atoms with E-state index in [1.54, 1.807) is 14.2 Å². The van der Waals surface area contributed by atoms with Gasteiger partial charge in [-0.3, -0.25) is 0 Å². The number of methoxy groups -OCH3 is 2. The number of nitrogens with zero attached hydrogens (tertiary/aromatic N) is 1. The van der Waals surface area contributed by atoms with E-state index in [2.05, 4.69) is 30.2 Å². The summed E-state index contributed by atoms with van der Waals surface area (Å²) in [4.78, 5) is 2.30. The molecule has 0 spiro atoms. The third-order valence-corrected chi connectivity index (χ3v) is 6.11. The SMILES string of the molecule is C=C(O)C1=CN2C(=CC1=C)c1cc(OC)c(OCCCOC)cc1C1CCCC12. The molecule has 5 heteroatoms. The van der Waals surface area contributed by atoms with E-state index in [4.69, 9.17) is 14.2 Å². The quantitative estimate of drug-likeness (QED) is 0.524. The molecular weight excluding hydrogens is 366 g/mol. The van der Waals surface area contributed by atoms with Crippen LogP contribution < -0.4 is 9.47 Å². The lowest BCUT2D eigenvalue weighted by Gasteiger charge is -2.43. The minimum Gasteiger partial charge on any atom is -0.508 e. The molecule has 1 N–H and O–H groups in total. The lowest BCUT2D eigenvalue weighted by Crippen LogP contribution is -2.38. The van der Waals surface area contributed by atoms with E-state index in [9.17, 15) is 5.11 Å². The van der Waals surface area contributed by atoms with Gasteiger partial charge in [-0.15, -0.1) is 0 Å². The summed E-state index contributed by atoms with van der Waals surface area (Å²) in [5.41, 5.74) is 5.03. The third-order valence-electron chi connectivity index (χ3n) is 6.11. The standard InChI is InChI=1S/C24H29NO4/c1-15-11-22-19-13-23(28-4)24(29-10-6-9-27-3)12-18(19)17-7-5-8-21(17)25(22)14-20(15)16(2)26/h11-14,17,21,26H,1-2,5-10H2,3-4H3. The predicted octanol–water partition coefficient (Wildman–Crippen LogP) is 4.93. The molecule has 1 fully saturated rings. The zero-order chi connectivity index (χ0) is 20.5. The van der Waals surface area contributed by atoms with Crippen LogP contribution in [0.15, 0.2) is 54.5 Å². The minimum atomic E-state index is 0.0584. The van der Waals surface area contributed by atoms with Gasteiger partial charge in [0.25, 0.3) is 0 Å². The molecule has 2 heterocycles. The average Bonchev–Trinajstić information content (AvgIpc) is 3.20. The number of aliphatic hydroxyl groups excluding tert-OH is 1. The molecule has 0 amide bonds. The van der Waals surface area contributed by atoms with Gasteiger partial charge in [0, 0.05) is 55.1 Å². The van der Waals surface area contributed by atoms with Crippen molar-refractivity contribution in [1.29, 1.82) is 0 Å². The molecule has 1 aliphatic carbocycles. The van der Waals surface area contributed by atoms with Crippen LogP contribution in [-0.2, 0) is 4.74 Å². The molecule has 5 nitrogen and oxygen atoms in total. The van der Waals surface area contributed by atoms with E-state index in [1.165, 1.54) is 12.0 Å². The van der Waals surface area contributed by atoms with Crippen molar-refractivity contribution in [1.82, 2.24) is 4.90 Å². The van der Waals surface area contributed by atoms with Gasteiger partial charge >= 0.3 is 0 Å². The molecule has 2 aliphatic heterocycles. The summed E-state index contributed by atoms with van der Waals surface area (Å²) < 4.78 is 16.8. The van der Waals surface area contributed by atoms with Gasteiger partial charge in [0.05, 0.1) is 13.7 Å². The zero-order valence-electron chi connectivity index (χ0n) is 17.2. The second kappa shape index (κ2) is 7.99. The largest absolute Gasteiger partial charge is 0.508 e. The van der Waals surface area contributed by atoms with Crippen LogP contribution in [-0.4, -0.2) is 43.5 Å². The minimum absolute atomic E-state index is 0.0584. The fourth-order valence-electron chi connectivity index (χ4n) is 4.76. The molecule has 154 valence electrons. The molecular formula is C24H29NO4. The Hall–Kier alpha value is -2.66. The number of ether oxygens (including phenoxy) is 3. The summed E-state index contributed by atoms with van der Waals surface area (Å²) in [5, 5.41) is 9.99. The Morgan fingerprint density at radius 3 is 2.76 bits per heavy atom. The normalized spacial score (nSPS) is 22.3. The molecule has 0 aromatic heterocycles. The molecule has 3 aliphatic rings. The van der Waals surface area contributed by atoms with Crippen molar-refractivity contribution in [2.45, 2.75) is 37.6 Å². The van der Waals surface area contributed by atoms with E-state index >= 15 is 0 Å². The molecule has 1 aromatic rings. The average molecular weight is 395 g/mol. The number of benzene rings is 1. The van der Waals surface area contributed by atoms with Crippen molar-refractivity contribution in [2.24, 2.45) is 0 Å². The summed E-state index contributed by atoms with van der Waals surface area (Å²) in [5.74, 6) is 2.00. The van der Waals surface area contributed by atoms with Gasteiger partial charge < -0.3 is 24.2 Å². The van der Waals surface area contributed by atoms with Gasteiger partial charge in [-0.05, 0) is 42.2 Å². The highest BCUT2D eigenvalue weighted by Gasteiger charge is 2.42. The van der Waals surface area contributed by atoms with Crippen LogP contribution in [0, 0.1) is 0 Å². The maximum atomic E-state index is 9.99. The molecule has 1 aromatic carbocycles. The highest BCUT2D eigenvalue weighted by molar-refractivity contribution is 5.79. The Kier molecular flexibility index (Phi) is 5.41. The molecule has 1 saturated carbocycles. The summed E-state index contributed by atoms with van der Waals surface area (Å²) in [6.07, 6.45) is 8.32. The number of hydrogen-bond donors (Lipinski definition) is 1. The van der Waals surface area contributed by atoms with Gasteiger partial charge in [-0.1, -0.05) is 19.6 Å². The van der Waals surface area contributed by atoms with Crippen LogP contribution in [0.5, 0.6) is 11.5 Å². The number of hydrogen-bond acceptors (Lipinski definition) is 5. The number of rotatable bonds is 7. The second-order valence-corrected chi connectivity index (χ2v) is 7.84. The summed E-state index contributed by atoms with van der Waals surface area (Å²) >= 11 is 0. The van der Waals surface area contributed by atoms with Crippen LogP contribution in [0.2, 0.25) is 0 Å². The molecule has 0 bridgehead atoms. The van der Waals surface area contributed by atoms with Gasteiger partial charge in [0.15, 0.2) is 11.5 Å². The Morgan fingerprint density at radius 1 is 1.21 bits per heavy atom. The first kappa shape index (κ1) is 19.6. The Labute approximate surface area is 172 Å². The van der Waals surface area contributed by atoms with Crippen molar-refractivity contribution in [2.75, 3.05) is 27.4 Å². The van der Waals surface area contributed by atoms with Gasteiger partial charge in [-0.25, -0.2) is 0 Å². The second-order valence-electron chi connectivity index (χ2n) is 7.84. The van der Waals surface area contributed by atoms with Crippen molar-refractivity contribution in [3.63, 3.8) is 0 Å². The van der Waals surface area contributed by atoms with Crippen LogP contribution in [0.1, 0.15) is 42.7 Å². The van der Waals surface area contributed by atoms with E-state index in [1.807, 2.05) is 12.3 Å². The number of aliphatic hydroxyl groups is 1. The van der Waals surface area contributed by atoms with Crippen LogP contribution in [0.25, 0.3) is 5.70 Å². The number of fused-ring (bicyclic) bond motifs is 6. The van der Waals surface area contributed by atoms with Crippen molar-refractivity contribution < 1.29 is 19.3 Å². The molecule has 2 unspecified atom stereocenters. The van der Waals surface area contributed by atoms with Crippen molar-refractivity contribution >= 4 is 5.70 Å². The highest BCUT2D eigenvalue weighted by atomic mass is 16.5. The fourth-order valence-corrected chi connectivity index (χ4v) is 4.76. The van der Waals surface area contributed by atoms with Crippen molar-refractivity contribution in [3.05, 3.63) is 65.6 Å². The van der Waals surface area contributed by atoms with Crippen LogP contribution in [0.3, 0.4) is 0 Å². The lowest BCUT2D eigenvalue weighted by molar-refractivity contribution is 0.170. The molecule has 4 rings (SSSR count). The van der Waals surface area contributed by atoms with E-state index in [0.717, 1.165) is 47.6 Å². The van der Waals surface area contributed by atoms with Crippen LogP contribution >= 0.6 is 0 Å². The van der Waals surface area contributed by atoms with Gasteiger partial charge in [0.2, 0.25) is 0 Å².